The molecule has 3 rings (SSSR count). The van der Waals surface area contributed by atoms with Crippen molar-refractivity contribution in [2.24, 2.45) is 0 Å². The number of rotatable bonds is 4. The van der Waals surface area contributed by atoms with E-state index in [1.54, 1.807) is 0 Å². The summed E-state index contributed by atoms with van der Waals surface area (Å²) in [6.07, 6.45) is -20.4. The Morgan fingerprint density at radius 3 is 1.42 bits per heavy atom. The average molecular weight is 456 g/mol. The molecule has 3 heterocycles. The molecule has 8 N–H and O–H groups in total. The molecule has 0 aromatic rings. The second kappa shape index (κ2) is 9.77. The monoisotopic (exact) mass is 456 g/mol. The van der Waals surface area contributed by atoms with Crippen molar-refractivity contribution in [3.8, 4) is 0 Å². The van der Waals surface area contributed by atoms with Gasteiger partial charge in [-0.2, -0.15) is 0 Å². The molecule has 0 aromatic heterocycles. The van der Waals surface area contributed by atoms with Gasteiger partial charge in [0, 0.05) is 0 Å². The summed E-state index contributed by atoms with van der Waals surface area (Å²) in [6, 6.07) is 0. The minimum atomic E-state index is -1.67. The van der Waals surface area contributed by atoms with Gasteiger partial charge >= 0.3 is 0 Å². The van der Waals surface area contributed by atoms with Crippen molar-refractivity contribution in [3.63, 3.8) is 0 Å². The van der Waals surface area contributed by atoms with Crippen LogP contribution >= 0.6 is 0 Å². The zero-order valence-corrected chi connectivity index (χ0v) is 17.3. The van der Waals surface area contributed by atoms with Crippen molar-refractivity contribution < 1.29 is 64.5 Å². The van der Waals surface area contributed by atoms with Crippen LogP contribution in [-0.4, -0.2) is 133 Å². The zero-order chi connectivity index (χ0) is 23.2. The fraction of sp³-hybridized carbons (Fsp3) is 1.00. The molecule has 3 aliphatic rings. The topological polar surface area (TPSA) is 208 Å². The molecule has 0 spiro atoms. The maximum absolute atomic E-state index is 10.6. The molecule has 3 saturated heterocycles. The Bertz CT molecular complexity index is 595. The highest BCUT2D eigenvalue weighted by atomic mass is 16.7. The van der Waals surface area contributed by atoms with Crippen molar-refractivity contribution in [2.75, 3.05) is 0 Å². The third-order valence-electron chi connectivity index (χ3n) is 5.96. The highest BCUT2D eigenvalue weighted by Gasteiger charge is 2.51. The Morgan fingerprint density at radius 2 is 0.871 bits per heavy atom. The van der Waals surface area contributed by atoms with Crippen LogP contribution in [0.1, 0.15) is 20.8 Å². The van der Waals surface area contributed by atoms with E-state index in [4.69, 9.17) is 23.7 Å². The second-order valence-electron chi connectivity index (χ2n) is 8.29. The molecular formula is C18H32O13. The smallest absolute Gasteiger partial charge is 0.187 e. The molecule has 0 saturated carbocycles. The second-order valence-corrected chi connectivity index (χ2v) is 8.29. The lowest BCUT2D eigenvalue weighted by Gasteiger charge is -2.47. The predicted octanol–water partition coefficient (Wildman–Crippen LogP) is -4.49. The fourth-order valence-corrected chi connectivity index (χ4v) is 3.95. The van der Waals surface area contributed by atoms with Gasteiger partial charge in [0.2, 0.25) is 0 Å². The van der Waals surface area contributed by atoms with Gasteiger partial charge in [-0.25, -0.2) is 0 Å². The first kappa shape index (κ1) is 25.1. The van der Waals surface area contributed by atoms with Crippen molar-refractivity contribution in [1.82, 2.24) is 0 Å². The maximum Gasteiger partial charge on any atom is 0.187 e. The molecule has 3 aliphatic heterocycles. The third kappa shape index (κ3) is 4.89. The van der Waals surface area contributed by atoms with Crippen LogP contribution in [0, 0.1) is 0 Å². The van der Waals surface area contributed by atoms with E-state index < -0.39 is 92.1 Å². The van der Waals surface area contributed by atoms with Crippen molar-refractivity contribution in [1.29, 1.82) is 0 Å². The van der Waals surface area contributed by atoms with Crippen molar-refractivity contribution in [2.45, 2.75) is 113 Å². The molecule has 15 atom stereocenters. The minimum absolute atomic E-state index is 0.864. The SMILES string of the molecule is C[C@@H]1O[C@@H](O[C@@H]2[C@@H](O)[C@@H](O)[C@H](O[C@@H]3[C@@H](O)[C@@H](O)[C@H](O)O[C@H]3C)O[C@H]2C)[C@H](O)[C@H](O)[C@H]1O. The largest absolute Gasteiger partial charge is 0.388 e. The van der Waals surface area contributed by atoms with Gasteiger partial charge in [0.1, 0.15) is 54.9 Å². The van der Waals surface area contributed by atoms with E-state index in [1.807, 2.05) is 0 Å². The molecular weight excluding hydrogens is 424 g/mol. The first-order valence-electron chi connectivity index (χ1n) is 10.2. The molecule has 3 fully saturated rings. The number of aliphatic hydroxyl groups is 8. The summed E-state index contributed by atoms with van der Waals surface area (Å²) in [4.78, 5) is 0. The predicted molar refractivity (Wildman–Crippen MR) is 97.0 cm³/mol. The lowest BCUT2D eigenvalue weighted by molar-refractivity contribution is -0.370. The van der Waals surface area contributed by atoms with E-state index in [2.05, 4.69) is 0 Å². The zero-order valence-electron chi connectivity index (χ0n) is 17.3. The normalized spacial score (nSPS) is 56.4. The van der Waals surface area contributed by atoms with Gasteiger partial charge in [-0.1, -0.05) is 0 Å². The van der Waals surface area contributed by atoms with E-state index in [-0.39, 0.29) is 0 Å². The van der Waals surface area contributed by atoms with Crippen LogP contribution in [0.2, 0.25) is 0 Å². The standard InChI is InChI=1S/C18H32O13/c1-4-7(19)8(20)12(24)17(28-4)31-15-6(3)29-18(13(25)10(15)22)30-14-5(2)27-16(26)11(23)9(14)21/h4-26H,1-3H3/t4-,5-,6-,7-,8+,9-,10-,11+,12+,13+,14-,15-,16+,17-,18-/m0/s1. The fourth-order valence-electron chi connectivity index (χ4n) is 3.95. The van der Waals surface area contributed by atoms with E-state index >= 15 is 0 Å². The van der Waals surface area contributed by atoms with Gasteiger partial charge in [-0.15, -0.1) is 0 Å². The molecule has 0 aliphatic carbocycles. The molecule has 0 amide bonds. The lowest BCUT2D eigenvalue weighted by Crippen LogP contribution is -2.65. The molecule has 0 aromatic carbocycles. The van der Waals surface area contributed by atoms with E-state index in [1.165, 1.54) is 20.8 Å². The quantitative estimate of drug-likeness (QED) is 0.201. The number of aliphatic hydroxyl groups excluding tert-OH is 8. The van der Waals surface area contributed by atoms with Gasteiger partial charge in [-0.05, 0) is 20.8 Å². The first-order valence-corrected chi connectivity index (χ1v) is 10.2. The third-order valence-corrected chi connectivity index (χ3v) is 5.96. The first-order chi connectivity index (χ1) is 14.4. The highest BCUT2D eigenvalue weighted by molar-refractivity contribution is 4.94. The van der Waals surface area contributed by atoms with Crippen LogP contribution in [0.4, 0.5) is 0 Å². The summed E-state index contributed by atoms with van der Waals surface area (Å²) < 4.78 is 27.1. The molecule has 31 heavy (non-hydrogen) atoms. The average Bonchev–Trinajstić information content (AvgIpc) is 2.72. The Hall–Kier alpha value is -0.520. The lowest BCUT2D eigenvalue weighted by atomic mass is 9.96. The summed E-state index contributed by atoms with van der Waals surface area (Å²) >= 11 is 0. The van der Waals surface area contributed by atoms with Crippen LogP contribution < -0.4 is 0 Å². The van der Waals surface area contributed by atoms with E-state index in [0.717, 1.165) is 0 Å². The number of ether oxygens (including phenoxy) is 5. The molecule has 13 nitrogen and oxygen atoms in total. The molecule has 13 heteroatoms. The molecule has 0 radical (unpaired) electrons. The summed E-state index contributed by atoms with van der Waals surface area (Å²) in [5.74, 6) is 0. The maximum atomic E-state index is 10.6. The van der Waals surface area contributed by atoms with Crippen LogP contribution in [0.3, 0.4) is 0 Å². The Morgan fingerprint density at radius 1 is 0.452 bits per heavy atom. The van der Waals surface area contributed by atoms with Crippen molar-refractivity contribution in [3.05, 3.63) is 0 Å². The molecule has 0 bridgehead atoms. The summed E-state index contributed by atoms with van der Waals surface area (Å²) in [7, 11) is 0. The van der Waals surface area contributed by atoms with Gasteiger partial charge < -0.3 is 64.5 Å². The van der Waals surface area contributed by atoms with E-state index in [9.17, 15) is 40.9 Å². The molecule has 0 unspecified atom stereocenters. The van der Waals surface area contributed by atoms with Gasteiger partial charge in [0.25, 0.3) is 0 Å². The van der Waals surface area contributed by atoms with E-state index in [0.29, 0.717) is 0 Å². The number of hydrogen-bond acceptors (Lipinski definition) is 13. The van der Waals surface area contributed by atoms with Gasteiger partial charge in [0.15, 0.2) is 18.9 Å². The van der Waals surface area contributed by atoms with Crippen LogP contribution in [0.5, 0.6) is 0 Å². The summed E-state index contributed by atoms with van der Waals surface area (Å²) in [5, 5.41) is 80.4. The van der Waals surface area contributed by atoms with Crippen LogP contribution in [-0.2, 0) is 23.7 Å². The van der Waals surface area contributed by atoms with Crippen molar-refractivity contribution >= 4 is 0 Å². The number of hydrogen-bond donors (Lipinski definition) is 8. The Balaban J connectivity index is 1.65. The van der Waals surface area contributed by atoms with Crippen LogP contribution in [0.25, 0.3) is 0 Å². The summed E-state index contributed by atoms with van der Waals surface area (Å²) in [6.45, 7) is 4.44. The minimum Gasteiger partial charge on any atom is -0.388 e. The van der Waals surface area contributed by atoms with Gasteiger partial charge in [0.05, 0.1) is 18.3 Å². The molecule has 182 valence electrons. The highest BCUT2D eigenvalue weighted by Crippen LogP contribution is 2.31. The van der Waals surface area contributed by atoms with Gasteiger partial charge in [-0.3, -0.25) is 0 Å². The Kier molecular flexibility index (Phi) is 7.91. The summed E-state index contributed by atoms with van der Waals surface area (Å²) in [5.41, 5.74) is 0. The Labute approximate surface area is 178 Å². The van der Waals surface area contributed by atoms with Crippen LogP contribution in [0.15, 0.2) is 0 Å².